The van der Waals surface area contributed by atoms with Gasteiger partial charge in [0, 0.05) is 17.1 Å². The molecule has 0 aliphatic rings. The first-order chi connectivity index (χ1) is 32.1. The SMILES string of the molecule is Cc1cccc(-c2ccc(C(Cc3ccc(-c4ccccc4)cc3)Cc3ccc(-c4ccc(N(c5ccc(-c6ccccc6)cc5)c5ccc(-c6ccccc6)cc5)cc4)cc3)cc2)c1. The van der Waals surface area contributed by atoms with E-state index in [0.29, 0.717) is 5.92 Å². The van der Waals surface area contributed by atoms with E-state index in [1.807, 2.05) is 0 Å². The summed E-state index contributed by atoms with van der Waals surface area (Å²) in [5.41, 5.74) is 20.9. The third-order valence-electron chi connectivity index (χ3n) is 12.6. The van der Waals surface area contributed by atoms with E-state index >= 15 is 0 Å². The second-order valence-corrected chi connectivity index (χ2v) is 17.1. The predicted octanol–water partition coefficient (Wildman–Crippen LogP) is 17.4. The lowest BCUT2D eigenvalue weighted by atomic mass is 9.85. The zero-order valence-corrected chi connectivity index (χ0v) is 36.8. The fourth-order valence-corrected chi connectivity index (χ4v) is 9.06. The number of rotatable bonds is 13. The highest BCUT2D eigenvalue weighted by Crippen LogP contribution is 2.38. The van der Waals surface area contributed by atoms with Crippen molar-refractivity contribution in [3.8, 4) is 55.6 Å². The van der Waals surface area contributed by atoms with Crippen LogP contribution in [0.25, 0.3) is 55.6 Å². The van der Waals surface area contributed by atoms with Gasteiger partial charge in [-0.15, -0.1) is 0 Å². The van der Waals surface area contributed by atoms with E-state index in [9.17, 15) is 0 Å². The highest BCUT2D eigenvalue weighted by atomic mass is 15.1. The van der Waals surface area contributed by atoms with E-state index < -0.39 is 0 Å². The van der Waals surface area contributed by atoms with Crippen LogP contribution in [0, 0.1) is 6.92 Å². The summed E-state index contributed by atoms with van der Waals surface area (Å²) >= 11 is 0. The van der Waals surface area contributed by atoms with Crippen LogP contribution in [0.3, 0.4) is 0 Å². The van der Waals surface area contributed by atoms with Crippen LogP contribution in [-0.4, -0.2) is 0 Å². The van der Waals surface area contributed by atoms with E-state index in [-0.39, 0.29) is 0 Å². The summed E-state index contributed by atoms with van der Waals surface area (Å²) < 4.78 is 0. The molecule has 10 aromatic carbocycles. The summed E-state index contributed by atoms with van der Waals surface area (Å²) in [5.74, 6) is 0.323. The first-order valence-electron chi connectivity index (χ1n) is 22.7. The number of anilines is 3. The predicted molar refractivity (Wildman–Crippen MR) is 276 cm³/mol. The minimum atomic E-state index is 0.323. The van der Waals surface area contributed by atoms with E-state index in [1.54, 1.807) is 0 Å². The van der Waals surface area contributed by atoms with E-state index in [2.05, 4.69) is 273 Å². The summed E-state index contributed by atoms with van der Waals surface area (Å²) in [6, 6.07) is 95.0. The summed E-state index contributed by atoms with van der Waals surface area (Å²) in [5, 5.41) is 0. The molecule has 1 nitrogen and oxygen atoms in total. The largest absolute Gasteiger partial charge is 0.311 e. The number of benzene rings is 10. The molecule has 0 spiro atoms. The van der Waals surface area contributed by atoms with Gasteiger partial charge in [-0.25, -0.2) is 0 Å². The molecule has 0 radical (unpaired) electrons. The maximum atomic E-state index is 2.35. The van der Waals surface area contributed by atoms with Crippen LogP contribution in [0.1, 0.15) is 28.2 Å². The zero-order chi connectivity index (χ0) is 43.8. The number of hydrogen-bond acceptors (Lipinski definition) is 1. The molecule has 65 heavy (non-hydrogen) atoms. The first kappa shape index (κ1) is 41.0. The molecule has 0 heterocycles. The van der Waals surface area contributed by atoms with Crippen molar-refractivity contribution in [2.24, 2.45) is 0 Å². The molecule has 0 saturated carbocycles. The second-order valence-electron chi connectivity index (χ2n) is 17.1. The number of aryl methyl sites for hydroxylation is 1. The molecule has 1 unspecified atom stereocenters. The highest BCUT2D eigenvalue weighted by Gasteiger charge is 2.17. The van der Waals surface area contributed by atoms with E-state index in [4.69, 9.17) is 0 Å². The Morgan fingerprint density at radius 3 is 0.923 bits per heavy atom. The van der Waals surface area contributed by atoms with Gasteiger partial charge in [-0.3, -0.25) is 0 Å². The molecule has 10 rings (SSSR count). The number of nitrogens with zero attached hydrogens (tertiary/aromatic N) is 1. The summed E-state index contributed by atoms with van der Waals surface area (Å²) in [6.07, 6.45) is 1.91. The van der Waals surface area contributed by atoms with Crippen molar-refractivity contribution in [2.75, 3.05) is 4.90 Å². The van der Waals surface area contributed by atoms with Crippen molar-refractivity contribution in [3.63, 3.8) is 0 Å². The molecular formula is C64H51N. The Labute approximate surface area is 384 Å². The van der Waals surface area contributed by atoms with Gasteiger partial charge in [0.05, 0.1) is 0 Å². The zero-order valence-electron chi connectivity index (χ0n) is 36.8. The maximum Gasteiger partial charge on any atom is 0.0462 e. The molecule has 0 amide bonds. The normalized spacial score (nSPS) is 11.5. The third kappa shape index (κ3) is 9.66. The summed E-state index contributed by atoms with van der Waals surface area (Å²) in [7, 11) is 0. The van der Waals surface area contributed by atoms with Crippen molar-refractivity contribution in [3.05, 3.63) is 283 Å². The molecular weight excluding hydrogens is 783 g/mol. The number of hydrogen-bond donors (Lipinski definition) is 0. The third-order valence-corrected chi connectivity index (χ3v) is 12.6. The Balaban J connectivity index is 0.905. The van der Waals surface area contributed by atoms with Gasteiger partial charge < -0.3 is 4.90 Å². The maximum absolute atomic E-state index is 2.35. The van der Waals surface area contributed by atoms with Gasteiger partial charge in [-0.1, -0.05) is 230 Å². The molecule has 0 saturated heterocycles. The molecule has 0 aliphatic carbocycles. The van der Waals surface area contributed by atoms with E-state index in [0.717, 1.165) is 29.9 Å². The van der Waals surface area contributed by atoms with Gasteiger partial charge in [0.2, 0.25) is 0 Å². The van der Waals surface area contributed by atoms with Crippen LogP contribution in [0.5, 0.6) is 0 Å². The van der Waals surface area contributed by atoms with Crippen LogP contribution in [0.15, 0.2) is 261 Å². The van der Waals surface area contributed by atoms with Gasteiger partial charge in [0.25, 0.3) is 0 Å². The summed E-state index contributed by atoms with van der Waals surface area (Å²) in [6.45, 7) is 2.16. The Kier molecular flexibility index (Phi) is 12.1. The van der Waals surface area contributed by atoms with Crippen molar-refractivity contribution in [1.29, 1.82) is 0 Å². The lowest BCUT2D eigenvalue weighted by Gasteiger charge is -2.26. The Bertz CT molecular complexity index is 2980. The lowest BCUT2D eigenvalue weighted by Crippen LogP contribution is -2.09. The molecule has 0 aliphatic heterocycles. The average Bonchev–Trinajstić information content (AvgIpc) is 3.38. The monoisotopic (exact) mass is 833 g/mol. The van der Waals surface area contributed by atoms with Gasteiger partial charge in [-0.05, 0) is 134 Å². The molecule has 0 bridgehead atoms. The van der Waals surface area contributed by atoms with Crippen LogP contribution < -0.4 is 4.90 Å². The average molecular weight is 834 g/mol. The Morgan fingerprint density at radius 1 is 0.277 bits per heavy atom. The van der Waals surface area contributed by atoms with Crippen LogP contribution in [0.2, 0.25) is 0 Å². The van der Waals surface area contributed by atoms with Gasteiger partial charge in [-0.2, -0.15) is 0 Å². The fraction of sp³-hybridized carbons (Fsp3) is 0.0625. The van der Waals surface area contributed by atoms with Crippen molar-refractivity contribution in [1.82, 2.24) is 0 Å². The van der Waals surface area contributed by atoms with Crippen molar-refractivity contribution in [2.45, 2.75) is 25.7 Å². The smallest absolute Gasteiger partial charge is 0.0462 e. The van der Waals surface area contributed by atoms with E-state index in [1.165, 1.54) is 77.9 Å². The molecule has 0 N–H and O–H groups in total. The minimum absolute atomic E-state index is 0.323. The Morgan fingerprint density at radius 2 is 0.569 bits per heavy atom. The van der Waals surface area contributed by atoms with Crippen molar-refractivity contribution >= 4 is 17.1 Å². The topological polar surface area (TPSA) is 3.24 Å². The minimum Gasteiger partial charge on any atom is -0.311 e. The van der Waals surface area contributed by atoms with Gasteiger partial charge in [0.1, 0.15) is 0 Å². The first-order valence-corrected chi connectivity index (χ1v) is 22.7. The quantitative estimate of drug-likeness (QED) is 0.112. The fourth-order valence-electron chi connectivity index (χ4n) is 9.06. The summed E-state index contributed by atoms with van der Waals surface area (Å²) in [4.78, 5) is 2.35. The molecule has 0 fully saturated rings. The van der Waals surface area contributed by atoms with Gasteiger partial charge >= 0.3 is 0 Å². The van der Waals surface area contributed by atoms with Crippen molar-refractivity contribution < 1.29 is 0 Å². The van der Waals surface area contributed by atoms with Crippen LogP contribution in [-0.2, 0) is 12.8 Å². The van der Waals surface area contributed by atoms with Gasteiger partial charge in [0.15, 0.2) is 0 Å². The standard InChI is InChI=1S/C64H51N/c1-47-12-11-19-60(44-47)58-28-30-59(31-29-58)61(45-48-20-24-53(25-21-48)50-13-5-2-6-14-50)46-49-22-26-54(27-23-49)57-36-42-64(43-37-57)65(62-38-32-55(33-39-62)51-15-7-3-8-16-51)63-40-34-56(35-41-63)52-17-9-4-10-18-52/h2-44,61H,45-46H2,1H3. The highest BCUT2D eigenvalue weighted by molar-refractivity contribution is 5.81. The van der Waals surface area contributed by atoms with Crippen LogP contribution in [0.4, 0.5) is 17.1 Å². The second kappa shape index (κ2) is 19.2. The molecule has 10 aromatic rings. The molecule has 1 atom stereocenters. The molecule has 0 aromatic heterocycles. The molecule has 1 heteroatoms. The Hall–Kier alpha value is -8.00. The lowest BCUT2D eigenvalue weighted by molar-refractivity contribution is 0.680. The van der Waals surface area contributed by atoms with Crippen LogP contribution >= 0.6 is 0 Å². The molecule has 312 valence electrons.